The van der Waals surface area contributed by atoms with E-state index in [0.29, 0.717) is 0 Å². The molecule has 5 aromatic carbocycles. The van der Waals surface area contributed by atoms with Gasteiger partial charge in [0.1, 0.15) is 0 Å². The van der Waals surface area contributed by atoms with E-state index in [4.69, 9.17) is 0 Å². The van der Waals surface area contributed by atoms with Crippen molar-refractivity contribution in [3.8, 4) is 11.1 Å². The number of rotatable bonds is 9. The van der Waals surface area contributed by atoms with Crippen molar-refractivity contribution in [2.75, 3.05) is 0 Å². The number of hydrogen-bond donors (Lipinski definition) is 0. The molecule has 0 aliphatic heterocycles. The van der Waals surface area contributed by atoms with Crippen LogP contribution in [-0.2, 0) is 0 Å². The number of fused-ring (bicyclic) bond motifs is 1. The highest BCUT2D eigenvalue weighted by Gasteiger charge is 2.23. The summed E-state index contributed by atoms with van der Waals surface area (Å²) in [6.45, 7) is 4.56. The summed E-state index contributed by atoms with van der Waals surface area (Å²) in [5, 5.41) is 6.81. The van der Waals surface area contributed by atoms with Crippen LogP contribution in [0.25, 0.3) is 27.5 Å². The monoisotopic (exact) mass is 498 g/mol. The normalized spacial score (nSPS) is 11.8. The Morgan fingerprint density at radius 1 is 0.622 bits per heavy atom. The molecule has 0 aliphatic rings. The summed E-state index contributed by atoms with van der Waals surface area (Å²) in [7, 11) is -0.716. The summed E-state index contributed by atoms with van der Waals surface area (Å²) in [6.07, 6.45) is 7.00. The first kappa shape index (κ1) is 25.2. The number of benzene rings is 5. The first-order valence-corrected chi connectivity index (χ1v) is 14.9. The van der Waals surface area contributed by atoms with Crippen LogP contribution in [-0.4, -0.2) is 0 Å². The molecule has 0 spiro atoms. The fourth-order valence-electron chi connectivity index (χ4n) is 5.23. The highest BCUT2D eigenvalue weighted by Crippen LogP contribution is 2.42. The minimum absolute atomic E-state index is 0.716. The molecule has 0 heterocycles. The Labute approximate surface area is 223 Å². The van der Waals surface area contributed by atoms with Gasteiger partial charge in [-0.25, -0.2) is 0 Å². The van der Waals surface area contributed by atoms with E-state index in [1.165, 1.54) is 55.4 Å². The molecule has 0 saturated heterocycles. The van der Waals surface area contributed by atoms with Crippen LogP contribution in [0.1, 0.15) is 45.1 Å². The molecule has 37 heavy (non-hydrogen) atoms. The molecule has 0 aliphatic carbocycles. The predicted octanol–water partition coefficient (Wildman–Crippen LogP) is 9.25. The van der Waals surface area contributed by atoms with Gasteiger partial charge in [-0.1, -0.05) is 154 Å². The van der Waals surface area contributed by atoms with Crippen molar-refractivity contribution in [2.45, 2.75) is 39.5 Å². The molecular weight excluding hydrogens is 463 g/mol. The van der Waals surface area contributed by atoms with Crippen LogP contribution < -0.4 is 15.9 Å². The number of allylic oxidation sites excluding steroid dienone is 2. The van der Waals surface area contributed by atoms with Gasteiger partial charge in [-0.2, -0.15) is 0 Å². The second-order valence-corrected chi connectivity index (χ2v) is 11.7. The molecule has 0 nitrogen and oxygen atoms in total. The second-order valence-electron chi connectivity index (χ2n) is 9.50. The van der Waals surface area contributed by atoms with E-state index >= 15 is 0 Å². The van der Waals surface area contributed by atoms with Crippen LogP contribution in [0.15, 0.2) is 127 Å². The molecule has 184 valence electrons. The molecule has 0 fully saturated rings. The maximum atomic E-state index is 2.48. The lowest BCUT2D eigenvalue weighted by Gasteiger charge is -2.25. The van der Waals surface area contributed by atoms with E-state index in [1.54, 1.807) is 0 Å². The van der Waals surface area contributed by atoms with Gasteiger partial charge in [0, 0.05) is 0 Å². The molecule has 5 rings (SSSR count). The van der Waals surface area contributed by atoms with Gasteiger partial charge in [-0.3, -0.25) is 0 Å². The van der Waals surface area contributed by atoms with Crippen molar-refractivity contribution >= 4 is 40.2 Å². The van der Waals surface area contributed by atoms with Gasteiger partial charge in [-0.05, 0) is 69.7 Å². The fraction of sp³-hybridized carbons (Fsp3) is 0.167. The van der Waals surface area contributed by atoms with Gasteiger partial charge in [0.15, 0.2) is 0 Å². The van der Waals surface area contributed by atoms with E-state index in [1.807, 2.05) is 0 Å². The van der Waals surface area contributed by atoms with E-state index < -0.39 is 7.92 Å². The average Bonchev–Trinajstić information content (AvgIpc) is 2.96. The Kier molecular flexibility index (Phi) is 8.29. The maximum Gasteiger partial charge on any atom is -0.00235 e. The van der Waals surface area contributed by atoms with Crippen LogP contribution in [0.2, 0.25) is 0 Å². The van der Waals surface area contributed by atoms with Crippen molar-refractivity contribution in [1.82, 2.24) is 0 Å². The Morgan fingerprint density at radius 2 is 1.24 bits per heavy atom. The zero-order valence-corrected chi connectivity index (χ0v) is 22.8. The van der Waals surface area contributed by atoms with Crippen LogP contribution in [0, 0.1) is 0 Å². The standard InChI is InChI=1S/C36H35P/c1-3-5-17-28(16-4-2)33-27-26-29-18-12-13-23-32(29)36(33)34-24-14-15-25-35(34)37(30-19-8-6-9-20-30)31-21-10-7-11-22-31/h6-15,17-27H,3-5,16H2,1-2H3/b28-17+. The van der Waals surface area contributed by atoms with Crippen molar-refractivity contribution in [3.05, 3.63) is 133 Å². The minimum atomic E-state index is -0.716. The lowest BCUT2D eigenvalue weighted by molar-refractivity contribution is 0.933. The first-order valence-electron chi connectivity index (χ1n) is 13.5. The summed E-state index contributed by atoms with van der Waals surface area (Å²) in [5.74, 6) is 0. The topological polar surface area (TPSA) is 0 Å². The van der Waals surface area contributed by atoms with Gasteiger partial charge in [0.25, 0.3) is 0 Å². The average molecular weight is 499 g/mol. The number of hydrogen-bond acceptors (Lipinski definition) is 0. The third kappa shape index (κ3) is 5.46. The highest BCUT2D eigenvalue weighted by atomic mass is 31.1. The summed E-state index contributed by atoms with van der Waals surface area (Å²) in [4.78, 5) is 0. The van der Waals surface area contributed by atoms with Crippen LogP contribution in [0.3, 0.4) is 0 Å². The highest BCUT2D eigenvalue weighted by molar-refractivity contribution is 7.80. The summed E-state index contributed by atoms with van der Waals surface area (Å²) < 4.78 is 0. The summed E-state index contributed by atoms with van der Waals surface area (Å²) in [5.41, 5.74) is 5.59. The van der Waals surface area contributed by atoms with Gasteiger partial charge in [-0.15, -0.1) is 0 Å². The zero-order chi connectivity index (χ0) is 25.5. The van der Waals surface area contributed by atoms with Gasteiger partial charge in [0.2, 0.25) is 0 Å². The molecule has 1 heteroatoms. The Balaban J connectivity index is 1.82. The molecule has 0 amide bonds. The smallest absolute Gasteiger partial charge is 0.00235 e. The van der Waals surface area contributed by atoms with Crippen LogP contribution in [0.4, 0.5) is 0 Å². The number of unbranched alkanes of at least 4 members (excludes halogenated alkanes) is 1. The third-order valence-corrected chi connectivity index (χ3v) is 9.42. The molecule has 0 N–H and O–H groups in total. The molecular formula is C36H35P. The predicted molar refractivity (Wildman–Crippen MR) is 166 cm³/mol. The van der Waals surface area contributed by atoms with Crippen LogP contribution in [0.5, 0.6) is 0 Å². The molecule has 0 atom stereocenters. The second kappa shape index (κ2) is 12.2. The van der Waals surface area contributed by atoms with E-state index in [-0.39, 0.29) is 0 Å². The van der Waals surface area contributed by atoms with Crippen molar-refractivity contribution in [1.29, 1.82) is 0 Å². The van der Waals surface area contributed by atoms with Gasteiger partial charge in [0.05, 0.1) is 0 Å². The van der Waals surface area contributed by atoms with Gasteiger partial charge >= 0.3 is 0 Å². The van der Waals surface area contributed by atoms with E-state index in [9.17, 15) is 0 Å². The molecule has 0 aromatic heterocycles. The molecule has 5 aromatic rings. The Morgan fingerprint density at radius 3 is 1.92 bits per heavy atom. The first-order chi connectivity index (χ1) is 18.3. The lowest BCUT2D eigenvalue weighted by atomic mass is 9.87. The summed E-state index contributed by atoms with van der Waals surface area (Å²) in [6, 6.07) is 44.8. The maximum absolute atomic E-state index is 2.48. The zero-order valence-electron chi connectivity index (χ0n) is 21.9. The molecule has 0 radical (unpaired) electrons. The third-order valence-electron chi connectivity index (χ3n) is 6.92. The fourth-order valence-corrected chi connectivity index (χ4v) is 7.68. The molecule has 0 unspecified atom stereocenters. The van der Waals surface area contributed by atoms with Crippen molar-refractivity contribution in [2.24, 2.45) is 0 Å². The van der Waals surface area contributed by atoms with E-state index in [0.717, 1.165) is 19.3 Å². The molecule has 0 bridgehead atoms. The largest absolute Gasteiger partial charge is 0.0807 e. The van der Waals surface area contributed by atoms with E-state index in [2.05, 4.69) is 141 Å². The van der Waals surface area contributed by atoms with Crippen molar-refractivity contribution < 1.29 is 0 Å². The SMILES string of the molecule is CCC/C=C(\CCC)c1ccc2ccccc2c1-c1ccccc1P(c1ccccc1)c1ccccc1. The van der Waals surface area contributed by atoms with Crippen LogP contribution >= 0.6 is 7.92 Å². The molecule has 0 saturated carbocycles. The Hall–Kier alpha value is -3.47. The van der Waals surface area contributed by atoms with Crippen molar-refractivity contribution in [3.63, 3.8) is 0 Å². The van der Waals surface area contributed by atoms with Gasteiger partial charge < -0.3 is 0 Å². The quantitative estimate of drug-likeness (QED) is 0.178. The summed E-state index contributed by atoms with van der Waals surface area (Å²) >= 11 is 0. The lowest BCUT2D eigenvalue weighted by Crippen LogP contribution is -2.22. The minimum Gasteiger partial charge on any atom is -0.0807 e. The Bertz CT molecular complexity index is 1440.